The molecule has 1 N–H and O–H groups in total. The summed E-state index contributed by atoms with van der Waals surface area (Å²) in [6.45, 7) is 0. The van der Waals surface area contributed by atoms with E-state index in [1.54, 1.807) is 4.52 Å². The second kappa shape index (κ2) is 5.10. The Morgan fingerprint density at radius 3 is 2.68 bits per heavy atom. The third-order valence-electron chi connectivity index (χ3n) is 3.68. The van der Waals surface area contributed by atoms with Gasteiger partial charge in [-0.15, -0.1) is 5.10 Å². The number of nitrogens with zero attached hydrogens (tertiary/aromatic N) is 3. The van der Waals surface area contributed by atoms with Crippen molar-refractivity contribution in [2.75, 3.05) is 5.32 Å². The molecule has 0 saturated heterocycles. The van der Waals surface area contributed by atoms with Crippen LogP contribution in [0.1, 0.15) is 12.8 Å². The number of rotatable bonds is 3. The van der Waals surface area contributed by atoms with Gasteiger partial charge in [-0.2, -0.15) is 4.98 Å². The van der Waals surface area contributed by atoms with E-state index in [2.05, 4.69) is 15.4 Å². The molecule has 1 aromatic carbocycles. The maximum absolute atomic E-state index is 11.8. The van der Waals surface area contributed by atoms with E-state index < -0.39 is 0 Å². The number of fused-ring (bicyclic) bond motifs is 1. The first-order valence-electron chi connectivity index (χ1n) is 7.13. The van der Waals surface area contributed by atoms with E-state index in [0.717, 1.165) is 24.1 Å². The molecule has 1 aliphatic rings. The molecular formula is C16H13ClN4O. The molecule has 5 nitrogen and oxygen atoms in total. The number of benzene rings is 1. The summed E-state index contributed by atoms with van der Waals surface area (Å²) in [5, 5.41) is 7.87. The minimum atomic E-state index is 0.00366. The van der Waals surface area contributed by atoms with E-state index >= 15 is 0 Å². The van der Waals surface area contributed by atoms with Crippen molar-refractivity contribution in [3.05, 3.63) is 47.5 Å². The predicted octanol–water partition coefficient (Wildman–Crippen LogP) is 3.40. The van der Waals surface area contributed by atoms with Crippen LogP contribution in [0.3, 0.4) is 0 Å². The molecule has 2 aromatic heterocycles. The Labute approximate surface area is 131 Å². The van der Waals surface area contributed by atoms with Crippen molar-refractivity contribution in [2.24, 2.45) is 5.92 Å². The number of amides is 1. The first kappa shape index (κ1) is 13.3. The van der Waals surface area contributed by atoms with Gasteiger partial charge in [0.05, 0.1) is 5.69 Å². The van der Waals surface area contributed by atoms with Gasteiger partial charge < -0.3 is 0 Å². The van der Waals surface area contributed by atoms with Crippen LogP contribution in [-0.2, 0) is 4.79 Å². The Kier molecular flexibility index (Phi) is 3.08. The molecule has 1 aliphatic carbocycles. The van der Waals surface area contributed by atoms with Crippen LogP contribution in [0.15, 0.2) is 42.5 Å². The van der Waals surface area contributed by atoms with Gasteiger partial charge in [0.2, 0.25) is 11.9 Å². The van der Waals surface area contributed by atoms with Crippen molar-refractivity contribution in [1.82, 2.24) is 14.6 Å². The summed E-state index contributed by atoms with van der Waals surface area (Å²) in [5.41, 5.74) is 2.58. The van der Waals surface area contributed by atoms with Crippen molar-refractivity contribution >= 4 is 29.1 Å². The number of anilines is 1. The lowest BCUT2D eigenvalue weighted by Crippen LogP contribution is -2.14. The third kappa shape index (κ3) is 2.44. The number of hydrogen-bond donors (Lipinski definition) is 1. The summed E-state index contributed by atoms with van der Waals surface area (Å²) in [4.78, 5) is 16.2. The molecule has 1 saturated carbocycles. The van der Waals surface area contributed by atoms with E-state index in [1.165, 1.54) is 0 Å². The topological polar surface area (TPSA) is 59.3 Å². The molecule has 0 radical (unpaired) electrons. The minimum absolute atomic E-state index is 0.00366. The molecule has 6 heteroatoms. The van der Waals surface area contributed by atoms with Crippen LogP contribution in [0, 0.1) is 5.92 Å². The standard InChI is InChI=1S/C16H13ClN4O/c17-12-8-6-10(7-9-12)13-2-1-3-14-18-16(20-21(13)14)19-15(22)11-4-5-11/h1-3,6-9,11H,4-5H2,(H,19,20,22). The van der Waals surface area contributed by atoms with Crippen molar-refractivity contribution in [3.63, 3.8) is 0 Å². The Morgan fingerprint density at radius 1 is 1.18 bits per heavy atom. The molecule has 4 rings (SSSR count). The van der Waals surface area contributed by atoms with Gasteiger partial charge in [0.25, 0.3) is 0 Å². The number of pyridine rings is 1. The zero-order valence-corrected chi connectivity index (χ0v) is 12.4. The van der Waals surface area contributed by atoms with E-state index in [4.69, 9.17) is 11.6 Å². The normalized spacial score (nSPS) is 14.2. The first-order valence-corrected chi connectivity index (χ1v) is 7.51. The molecule has 0 bridgehead atoms. The van der Waals surface area contributed by atoms with E-state index in [-0.39, 0.29) is 11.8 Å². The molecule has 110 valence electrons. The van der Waals surface area contributed by atoms with Gasteiger partial charge in [-0.1, -0.05) is 29.8 Å². The van der Waals surface area contributed by atoms with E-state index in [9.17, 15) is 4.79 Å². The largest absolute Gasteiger partial charge is 0.293 e. The molecule has 0 aliphatic heterocycles. The molecule has 22 heavy (non-hydrogen) atoms. The summed E-state index contributed by atoms with van der Waals surface area (Å²) in [6.07, 6.45) is 1.91. The molecule has 0 atom stereocenters. The first-order chi connectivity index (χ1) is 10.7. The fraction of sp³-hybridized carbons (Fsp3) is 0.188. The van der Waals surface area contributed by atoms with Gasteiger partial charge in [0.1, 0.15) is 0 Å². The molecule has 0 unspecified atom stereocenters. The van der Waals surface area contributed by atoms with Gasteiger partial charge >= 0.3 is 0 Å². The van der Waals surface area contributed by atoms with Gasteiger partial charge in [-0.05, 0) is 37.1 Å². The lowest BCUT2D eigenvalue weighted by atomic mass is 10.1. The highest BCUT2D eigenvalue weighted by atomic mass is 35.5. The molecule has 0 spiro atoms. The number of carbonyl (C=O) groups excluding carboxylic acids is 1. The van der Waals surface area contributed by atoms with Crippen molar-refractivity contribution in [3.8, 4) is 11.3 Å². The van der Waals surface area contributed by atoms with Gasteiger partial charge in [0.15, 0.2) is 5.65 Å². The number of aromatic nitrogens is 3. The van der Waals surface area contributed by atoms with Crippen LogP contribution in [0.4, 0.5) is 5.95 Å². The fourth-order valence-corrected chi connectivity index (χ4v) is 2.48. The van der Waals surface area contributed by atoms with Crippen molar-refractivity contribution in [2.45, 2.75) is 12.8 Å². The van der Waals surface area contributed by atoms with Crippen LogP contribution in [-0.4, -0.2) is 20.5 Å². The summed E-state index contributed by atoms with van der Waals surface area (Å²) in [6, 6.07) is 13.3. The van der Waals surface area contributed by atoms with Gasteiger partial charge in [-0.3, -0.25) is 10.1 Å². The Bertz CT molecular complexity index is 852. The molecule has 3 aromatic rings. The zero-order valence-electron chi connectivity index (χ0n) is 11.7. The van der Waals surface area contributed by atoms with Crippen LogP contribution >= 0.6 is 11.6 Å². The Hall–Kier alpha value is -2.40. The lowest BCUT2D eigenvalue weighted by Gasteiger charge is -2.03. The Balaban J connectivity index is 1.74. The number of carbonyl (C=O) groups is 1. The Morgan fingerprint density at radius 2 is 1.95 bits per heavy atom. The highest BCUT2D eigenvalue weighted by Crippen LogP contribution is 2.30. The predicted molar refractivity (Wildman–Crippen MR) is 84.8 cm³/mol. The van der Waals surface area contributed by atoms with Crippen LogP contribution in [0.25, 0.3) is 16.9 Å². The number of nitrogens with one attached hydrogen (secondary N) is 1. The number of hydrogen-bond acceptors (Lipinski definition) is 3. The fourth-order valence-electron chi connectivity index (χ4n) is 2.36. The number of halogens is 1. The summed E-state index contributed by atoms with van der Waals surface area (Å²) >= 11 is 5.93. The summed E-state index contributed by atoms with van der Waals surface area (Å²) in [7, 11) is 0. The van der Waals surface area contributed by atoms with E-state index in [1.807, 2.05) is 42.5 Å². The maximum atomic E-state index is 11.8. The average molecular weight is 313 g/mol. The molecule has 1 amide bonds. The highest BCUT2D eigenvalue weighted by molar-refractivity contribution is 6.30. The smallest absolute Gasteiger partial charge is 0.249 e. The second-order valence-electron chi connectivity index (χ2n) is 5.39. The quantitative estimate of drug-likeness (QED) is 0.806. The van der Waals surface area contributed by atoms with E-state index in [0.29, 0.717) is 16.6 Å². The van der Waals surface area contributed by atoms with Crippen LogP contribution in [0.5, 0.6) is 0 Å². The second-order valence-corrected chi connectivity index (χ2v) is 5.82. The molecule has 2 heterocycles. The van der Waals surface area contributed by atoms with Crippen LogP contribution < -0.4 is 5.32 Å². The summed E-state index contributed by atoms with van der Waals surface area (Å²) in [5.74, 6) is 0.476. The monoisotopic (exact) mass is 312 g/mol. The highest BCUT2D eigenvalue weighted by Gasteiger charge is 2.30. The maximum Gasteiger partial charge on any atom is 0.249 e. The molecule has 1 fully saturated rings. The zero-order chi connectivity index (χ0) is 15.1. The third-order valence-corrected chi connectivity index (χ3v) is 3.93. The molecular weight excluding hydrogens is 300 g/mol. The minimum Gasteiger partial charge on any atom is -0.293 e. The SMILES string of the molecule is O=C(Nc1nc2cccc(-c3ccc(Cl)cc3)n2n1)C1CC1. The average Bonchev–Trinajstić information content (AvgIpc) is 3.28. The summed E-state index contributed by atoms with van der Waals surface area (Å²) < 4.78 is 1.73. The van der Waals surface area contributed by atoms with Crippen LogP contribution in [0.2, 0.25) is 5.02 Å². The van der Waals surface area contributed by atoms with Crippen molar-refractivity contribution in [1.29, 1.82) is 0 Å². The lowest BCUT2D eigenvalue weighted by molar-refractivity contribution is -0.117. The van der Waals surface area contributed by atoms with Gasteiger partial charge in [0, 0.05) is 16.5 Å². The van der Waals surface area contributed by atoms with Gasteiger partial charge in [-0.25, -0.2) is 4.52 Å². The van der Waals surface area contributed by atoms with Crippen molar-refractivity contribution < 1.29 is 4.79 Å².